The molecule has 0 fully saturated rings. The summed E-state index contributed by atoms with van der Waals surface area (Å²) in [6, 6.07) is 8.54. The summed E-state index contributed by atoms with van der Waals surface area (Å²) in [5.41, 5.74) is 2.53. The lowest BCUT2D eigenvalue weighted by Crippen LogP contribution is -2.19. The van der Waals surface area contributed by atoms with Crippen molar-refractivity contribution in [3.63, 3.8) is 0 Å². The Morgan fingerprint density at radius 3 is 2.83 bits per heavy atom. The molecule has 2 aromatic rings. The highest BCUT2D eigenvalue weighted by Crippen LogP contribution is 2.40. The molecular weight excluding hydrogens is 262 g/mol. The van der Waals surface area contributed by atoms with E-state index < -0.39 is 0 Å². The molecule has 1 aliphatic heterocycles. The zero-order chi connectivity index (χ0) is 12.7. The van der Waals surface area contributed by atoms with Crippen molar-refractivity contribution in [3.8, 4) is 0 Å². The Morgan fingerprint density at radius 2 is 2.11 bits per heavy atom. The van der Waals surface area contributed by atoms with E-state index in [1.165, 1.54) is 21.8 Å². The Hall–Kier alpha value is -1.00. The largest absolute Gasteiger partial charge is 0.307 e. The molecule has 1 aromatic carbocycles. The zero-order valence-corrected chi connectivity index (χ0v) is 12.1. The molecule has 0 radical (unpaired) electrons. The first-order valence-corrected chi connectivity index (χ1v) is 7.85. The van der Waals surface area contributed by atoms with Crippen molar-refractivity contribution in [2.45, 2.75) is 31.2 Å². The van der Waals surface area contributed by atoms with Crippen LogP contribution in [0.15, 0.2) is 34.0 Å². The number of fused-ring (bicyclic) bond motifs is 1. The van der Waals surface area contributed by atoms with Crippen LogP contribution in [0, 0.1) is 13.8 Å². The molecule has 0 N–H and O–H groups in total. The van der Waals surface area contributed by atoms with Crippen molar-refractivity contribution in [1.29, 1.82) is 0 Å². The molecule has 1 unspecified atom stereocenters. The van der Waals surface area contributed by atoms with Gasteiger partial charge in [-0.2, -0.15) is 0 Å². The van der Waals surface area contributed by atoms with Crippen LogP contribution in [0.25, 0.3) is 0 Å². The molecule has 1 aliphatic rings. The van der Waals surface area contributed by atoms with Crippen LogP contribution in [0.5, 0.6) is 0 Å². The fraction of sp³-hybridized carbons (Fsp3) is 0.357. The van der Waals surface area contributed by atoms with Crippen molar-refractivity contribution in [2.75, 3.05) is 5.75 Å². The lowest BCUT2D eigenvalue weighted by atomic mass is 10.0. The van der Waals surface area contributed by atoms with E-state index in [4.69, 9.17) is 0 Å². The van der Waals surface area contributed by atoms with Crippen LogP contribution in [0.2, 0.25) is 0 Å². The Bertz CT molecular complexity index is 641. The van der Waals surface area contributed by atoms with Crippen molar-refractivity contribution in [3.05, 3.63) is 50.1 Å². The molecule has 0 bridgehead atoms. The fourth-order valence-electron chi connectivity index (χ4n) is 2.40. The number of benzene rings is 1. The number of nitrogens with zero attached hydrogens (tertiary/aromatic N) is 1. The summed E-state index contributed by atoms with van der Waals surface area (Å²) < 4.78 is 1.94. The van der Waals surface area contributed by atoms with E-state index in [-0.39, 0.29) is 4.87 Å². The summed E-state index contributed by atoms with van der Waals surface area (Å²) in [7, 11) is 0. The minimum absolute atomic E-state index is 0.180. The molecule has 4 heteroatoms. The average molecular weight is 277 g/mol. The monoisotopic (exact) mass is 277 g/mol. The number of aromatic nitrogens is 1. The quantitative estimate of drug-likeness (QED) is 0.839. The molecule has 0 aliphatic carbocycles. The molecule has 2 nitrogen and oxygen atoms in total. The van der Waals surface area contributed by atoms with Crippen LogP contribution in [-0.4, -0.2) is 10.3 Å². The van der Waals surface area contributed by atoms with E-state index in [2.05, 4.69) is 24.3 Å². The molecule has 1 aromatic heterocycles. The van der Waals surface area contributed by atoms with E-state index in [9.17, 15) is 4.79 Å². The predicted octanol–water partition coefficient (Wildman–Crippen LogP) is 3.42. The van der Waals surface area contributed by atoms with E-state index >= 15 is 0 Å². The van der Waals surface area contributed by atoms with Crippen LogP contribution in [-0.2, 0) is 6.54 Å². The highest BCUT2D eigenvalue weighted by atomic mass is 32.2. The summed E-state index contributed by atoms with van der Waals surface area (Å²) in [5.74, 6) is 1.55. The Morgan fingerprint density at radius 1 is 1.33 bits per heavy atom. The first-order valence-electron chi connectivity index (χ1n) is 6.05. The summed E-state index contributed by atoms with van der Waals surface area (Å²) >= 11 is 3.26. The van der Waals surface area contributed by atoms with Crippen molar-refractivity contribution in [2.24, 2.45) is 0 Å². The smallest absolute Gasteiger partial charge is 0.302 e. The van der Waals surface area contributed by atoms with Crippen molar-refractivity contribution >= 4 is 23.1 Å². The molecule has 2 heterocycles. The number of thioether (sulfide) groups is 1. The minimum Gasteiger partial charge on any atom is -0.302 e. The van der Waals surface area contributed by atoms with Gasteiger partial charge in [0.15, 0.2) is 0 Å². The Balaban J connectivity index is 1.93. The van der Waals surface area contributed by atoms with Gasteiger partial charge in [0.2, 0.25) is 0 Å². The van der Waals surface area contributed by atoms with Crippen molar-refractivity contribution < 1.29 is 0 Å². The maximum absolute atomic E-state index is 11.9. The van der Waals surface area contributed by atoms with E-state index in [1.807, 2.05) is 30.2 Å². The van der Waals surface area contributed by atoms with Gasteiger partial charge < -0.3 is 4.57 Å². The van der Waals surface area contributed by atoms with Gasteiger partial charge in [0.1, 0.15) is 0 Å². The van der Waals surface area contributed by atoms with Gasteiger partial charge in [-0.15, -0.1) is 11.8 Å². The molecule has 0 saturated carbocycles. The van der Waals surface area contributed by atoms with Gasteiger partial charge >= 0.3 is 4.87 Å². The van der Waals surface area contributed by atoms with Gasteiger partial charge in [-0.25, -0.2) is 0 Å². The summed E-state index contributed by atoms with van der Waals surface area (Å²) in [6.45, 7) is 4.88. The molecular formula is C14H15NOS2. The molecule has 1 atom stereocenters. The molecule has 0 saturated heterocycles. The topological polar surface area (TPSA) is 22.0 Å². The first kappa shape index (κ1) is 12.1. The number of hydrogen-bond acceptors (Lipinski definition) is 3. The van der Waals surface area contributed by atoms with Crippen LogP contribution in [0.3, 0.4) is 0 Å². The number of aryl methyl sites for hydroxylation is 1. The highest BCUT2D eigenvalue weighted by molar-refractivity contribution is 7.99. The van der Waals surface area contributed by atoms with E-state index in [0.29, 0.717) is 5.92 Å². The predicted molar refractivity (Wildman–Crippen MR) is 78.0 cm³/mol. The maximum atomic E-state index is 11.9. The van der Waals surface area contributed by atoms with Gasteiger partial charge in [-0.3, -0.25) is 4.79 Å². The van der Waals surface area contributed by atoms with Gasteiger partial charge in [0, 0.05) is 33.7 Å². The van der Waals surface area contributed by atoms with Gasteiger partial charge in [-0.1, -0.05) is 29.5 Å². The molecule has 0 amide bonds. The summed E-state index contributed by atoms with van der Waals surface area (Å²) in [6.07, 6.45) is 0. The molecule has 3 rings (SSSR count). The second-order valence-electron chi connectivity index (χ2n) is 4.67. The lowest BCUT2D eigenvalue weighted by Gasteiger charge is -2.12. The van der Waals surface area contributed by atoms with Crippen LogP contribution in [0.4, 0.5) is 0 Å². The second-order valence-corrected chi connectivity index (χ2v) is 6.89. The third-order valence-electron chi connectivity index (χ3n) is 3.58. The average Bonchev–Trinajstić information content (AvgIpc) is 2.87. The van der Waals surface area contributed by atoms with Gasteiger partial charge in [0.25, 0.3) is 0 Å². The second kappa shape index (κ2) is 4.59. The SMILES string of the molecule is Cc1sc(=O)n(CC2CSc3ccccc32)c1C. The van der Waals surface area contributed by atoms with Gasteiger partial charge in [-0.05, 0) is 25.5 Å². The normalized spacial score (nSPS) is 18.0. The van der Waals surface area contributed by atoms with Crippen molar-refractivity contribution in [1.82, 2.24) is 4.57 Å². The molecule has 0 spiro atoms. The summed E-state index contributed by atoms with van der Waals surface area (Å²) in [4.78, 5) is 14.6. The maximum Gasteiger partial charge on any atom is 0.307 e. The van der Waals surface area contributed by atoms with E-state index in [1.54, 1.807) is 0 Å². The third kappa shape index (κ3) is 1.93. The minimum atomic E-state index is 0.180. The fourth-order valence-corrected chi connectivity index (χ4v) is 4.48. The first-order chi connectivity index (χ1) is 8.66. The van der Waals surface area contributed by atoms with E-state index in [0.717, 1.165) is 22.9 Å². The zero-order valence-electron chi connectivity index (χ0n) is 10.5. The summed E-state index contributed by atoms with van der Waals surface area (Å²) in [5, 5.41) is 0. The number of hydrogen-bond donors (Lipinski definition) is 0. The third-order valence-corrected chi connectivity index (χ3v) is 5.83. The van der Waals surface area contributed by atoms with Crippen LogP contribution < -0.4 is 4.87 Å². The van der Waals surface area contributed by atoms with Gasteiger partial charge in [0.05, 0.1) is 0 Å². The Labute approximate surface area is 115 Å². The van der Waals surface area contributed by atoms with Crippen LogP contribution in [0.1, 0.15) is 22.1 Å². The lowest BCUT2D eigenvalue weighted by molar-refractivity contribution is 0.585. The Kier molecular flexibility index (Phi) is 3.08. The molecule has 94 valence electrons. The number of thiazole rings is 1. The standard InChI is InChI=1S/C14H15NOS2/c1-9-10(2)18-14(16)15(9)7-11-8-17-13-6-4-3-5-12(11)13/h3-6,11H,7-8H2,1-2H3. The number of rotatable bonds is 2. The van der Waals surface area contributed by atoms with Crippen LogP contribution >= 0.6 is 23.1 Å². The highest BCUT2D eigenvalue weighted by Gasteiger charge is 2.24. The molecule has 18 heavy (non-hydrogen) atoms.